The van der Waals surface area contributed by atoms with Crippen molar-refractivity contribution in [3.05, 3.63) is 17.3 Å². The topological polar surface area (TPSA) is 81.2 Å². The van der Waals surface area contributed by atoms with E-state index in [9.17, 15) is 9.18 Å². The van der Waals surface area contributed by atoms with Gasteiger partial charge in [0, 0.05) is 11.8 Å². The molecule has 94 valence electrons. The van der Waals surface area contributed by atoms with Gasteiger partial charge in [0.1, 0.15) is 5.69 Å². The summed E-state index contributed by atoms with van der Waals surface area (Å²) in [7, 11) is 0. The molecule has 2 unspecified atom stereocenters. The third-order valence-corrected chi connectivity index (χ3v) is 3.41. The van der Waals surface area contributed by atoms with Crippen LogP contribution in [0.1, 0.15) is 43.1 Å². The van der Waals surface area contributed by atoms with Crippen molar-refractivity contribution in [2.75, 3.05) is 0 Å². The molecule has 1 fully saturated rings. The Labute approximate surface area is 98.5 Å². The van der Waals surface area contributed by atoms with Crippen molar-refractivity contribution < 1.29 is 13.7 Å². The molecule has 6 heteroatoms. The van der Waals surface area contributed by atoms with E-state index in [0.717, 1.165) is 19.3 Å². The molecule has 2 atom stereocenters. The largest absolute Gasteiger partial charge is 0.358 e. The van der Waals surface area contributed by atoms with E-state index in [1.54, 1.807) is 0 Å². The van der Waals surface area contributed by atoms with Crippen molar-refractivity contribution in [1.29, 1.82) is 0 Å². The van der Waals surface area contributed by atoms with Gasteiger partial charge in [-0.05, 0) is 19.8 Å². The maximum absolute atomic E-state index is 13.8. The first-order valence-corrected chi connectivity index (χ1v) is 5.77. The number of carbonyl (C=O) groups is 1. The first kappa shape index (κ1) is 12.0. The summed E-state index contributed by atoms with van der Waals surface area (Å²) in [6.07, 6.45) is 3.36. The van der Waals surface area contributed by atoms with Crippen molar-refractivity contribution in [3.63, 3.8) is 0 Å². The van der Waals surface area contributed by atoms with E-state index in [0.29, 0.717) is 6.42 Å². The third-order valence-electron chi connectivity index (χ3n) is 3.41. The van der Waals surface area contributed by atoms with Gasteiger partial charge < -0.3 is 4.52 Å². The fourth-order valence-electron chi connectivity index (χ4n) is 2.49. The normalized spacial score (nSPS) is 24.6. The molecule has 0 bridgehead atoms. The number of nitrogens with two attached hydrogens (primary N) is 1. The molecule has 0 radical (unpaired) electrons. The quantitative estimate of drug-likeness (QED) is 0.465. The summed E-state index contributed by atoms with van der Waals surface area (Å²) in [4.78, 5) is 11.7. The van der Waals surface area contributed by atoms with E-state index in [1.165, 1.54) is 6.92 Å². The van der Waals surface area contributed by atoms with Crippen LogP contribution in [0.15, 0.2) is 4.52 Å². The van der Waals surface area contributed by atoms with E-state index < -0.39 is 5.82 Å². The summed E-state index contributed by atoms with van der Waals surface area (Å²) in [5.74, 6) is 4.08. The number of hydrazine groups is 1. The van der Waals surface area contributed by atoms with Crippen LogP contribution in [0, 0.1) is 18.7 Å². The molecular weight excluding hydrogens is 225 g/mol. The molecule has 0 aromatic carbocycles. The van der Waals surface area contributed by atoms with E-state index >= 15 is 0 Å². The van der Waals surface area contributed by atoms with Crippen LogP contribution in [0.3, 0.4) is 0 Å². The third kappa shape index (κ3) is 2.17. The molecule has 0 saturated heterocycles. The molecular formula is C11H16FN3O2. The van der Waals surface area contributed by atoms with Crippen molar-refractivity contribution >= 4 is 5.91 Å². The zero-order valence-electron chi connectivity index (χ0n) is 9.70. The minimum atomic E-state index is -0.438. The van der Waals surface area contributed by atoms with Gasteiger partial charge >= 0.3 is 0 Å². The fraction of sp³-hybridized carbons (Fsp3) is 0.636. The molecule has 1 aliphatic rings. The Bertz CT molecular complexity index is 419. The summed E-state index contributed by atoms with van der Waals surface area (Å²) in [5.41, 5.74) is 2.40. The molecule has 0 spiro atoms. The number of hydrogen-bond donors (Lipinski definition) is 2. The molecule has 17 heavy (non-hydrogen) atoms. The lowest BCUT2D eigenvalue weighted by Gasteiger charge is -2.28. The lowest BCUT2D eigenvalue weighted by atomic mass is 9.77. The van der Waals surface area contributed by atoms with Crippen molar-refractivity contribution in [3.8, 4) is 0 Å². The average Bonchev–Trinajstić information content (AvgIpc) is 2.69. The minimum absolute atomic E-state index is 0.164. The van der Waals surface area contributed by atoms with Gasteiger partial charge in [0.25, 0.3) is 0 Å². The monoisotopic (exact) mass is 241 g/mol. The molecule has 3 N–H and O–H groups in total. The van der Waals surface area contributed by atoms with Gasteiger partial charge in [-0.25, -0.2) is 10.2 Å². The molecule has 1 aliphatic carbocycles. The first-order valence-electron chi connectivity index (χ1n) is 5.77. The highest BCUT2D eigenvalue weighted by molar-refractivity contribution is 5.79. The standard InChI is InChI=1S/C11H16FN3O2/c1-6-9(12)10(15-17-6)7-4-2-3-5-8(7)11(16)14-13/h7-8H,2-5,13H2,1H3,(H,14,16). The average molecular weight is 241 g/mol. The number of amides is 1. The lowest BCUT2D eigenvalue weighted by molar-refractivity contribution is -0.126. The van der Waals surface area contributed by atoms with Gasteiger partial charge in [-0.2, -0.15) is 0 Å². The van der Waals surface area contributed by atoms with Crippen LogP contribution >= 0.6 is 0 Å². The maximum Gasteiger partial charge on any atom is 0.237 e. The Morgan fingerprint density at radius 2 is 2.24 bits per heavy atom. The van der Waals surface area contributed by atoms with E-state index in [1.807, 2.05) is 0 Å². The SMILES string of the molecule is Cc1onc(C2CCCCC2C(=O)NN)c1F. The molecule has 2 rings (SSSR count). The van der Waals surface area contributed by atoms with Crippen LogP contribution < -0.4 is 11.3 Å². The smallest absolute Gasteiger partial charge is 0.237 e. The predicted molar refractivity (Wildman–Crippen MR) is 58.2 cm³/mol. The highest BCUT2D eigenvalue weighted by atomic mass is 19.1. The Balaban J connectivity index is 2.27. The van der Waals surface area contributed by atoms with Gasteiger partial charge in [0.2, 0.25) is 5.91 Å². The van der Waals surface area contributed by atoms with E-state index in [4.69, 9.17) is 10.4 Å². The number of rotatable bonds is 2. The summed E-state index contributed by atoms with van der Waals surface area (Å²) >= 11 is 0. The van der Waals surface area contributed by atoms with E-state index in [2.05, 4.69) is 10.6 Å². The van der Waals surface area contributed by atoms with Crippen molar-refractivity contribution in [2.45, 2.75) is 38.5 Å². The summed E-state index contributed by atoms with van der Waals surface area (Å²) in [6, 6.07) is 0. The van der Waals surface area contributed by atoms with Gasteiger partial charge in [-0.3, -0.25) is 10.2 Å². The minimum Gasteiger partial charge on any atom is -0.358 e. The number of nitrogens with zero attached hydrogens (tertiary/aromatic N) is 1. The van der Waals surface area contributed by atoms with Crippen LogP contribution in [0.5, 0.6) is 0 Å². The van der Waals surface area contributed by atoms with Gasteiger partial charge in [0.05, 0.1) is 0 Å². The Hall–Kier alpha value is -1.43. The number of carbonyl (C=O) groups excluding carboxylic acids is 1. The van der Waals surface area contributed by atoms with Crippen molar-refractivity contribution in [1.82, 2.24) is 10.6 Å². The number of hydrogen-bond acceptors (Lipinski definition) is 4. The summed E-state index contributed by atoms with van der Waals surface area (Å²) in [5, 5.41) is 3.74. The van der Waals surface area contributed by atoms with Crippen LogP contribution in [0.4, 0.5) is 4.39 Å². The predicted octanol–water partition coefficient (Wildman–Crippen LogP) is 1.39. The second-order valence-corrected chi connectivity index (χ2v) is 4.44. The Morgan fingerprint density at radius 3 is 2.82 bits per heavy atom. The van der Waals surface area contributed by atoms with Gasteiger partial charge in [0.15, 0.2) is 11.6 Å². The Kier molecular flexibility index (Phi) is 3.42. The molecule has 1 aromatic heterocycles. The molecule has 1 saturated carbocycles. The number of aromatic nitrogens is 1. The summed E-state index contributed by atoms with van der Waals surface area (Å²) in [6.45, 7) is 1.52. The number of aryl methyl sites for hydroxylation is 1. The van der Waals surface area contributed by atoms with Crippen LogP contribution in [-0.2, 0) is 4.79 Å². The second kappa shape index (κ2) is 4.83. The molecule has 1 amide bonds. The lowest BCUT2D eigenvalue weighted by Crippen LogP contribution is -2.39. The van der Waals surface area contributed by atoms with Crippen LogP contribution in [0.2, 0.25) is 0 Å². The number of nitrogens with one attached hydrogen (secondary N) is 1. The zero-order valence-corrected chi connectivity index (χ0v) is 9.70. The van der Waals surface area contributed by atoms with Crippen LogP contribution in [0.25, 0.3) is 0 Å². The molecule has 1 heterocycles. The molecule has 1 aromatic rings. The van der Waals surface area contributed by atoms with Crippen molar-refractivity contribution in [2.24, 2.45) is 11.8 Å². The molecule has 5 nitrogen and oxygen atoms in total. The Morgan fingerprint density at radius 1 is 1.53 bits per heavy atom. The molecule has 0 aliphatic heterocycles. The zero-order chi connectivity index (χ0) is 12.4. The first-order chi connectivity index (χ1) is 8.15. The fourth-order valence-corrected chi connectivity index (χ4v) is 2.49. The highest BCUT2D eigenvalue weighted by Crippen LogP contribution is 2.38. The van der Waals surface area contributed by atoms with Gasteiger partial charge in [-0.15, -0.1) is 0 Å². The maximum atomic E-state index is 13.8. The van der Waals surface area contributed by atoms with Crippen LogP contribution in [-0.4, -0.2) is 11.1 Å². The highest BCUT2D eigenvalue weighted by Gasteiger charge is 2.35. The van der Waals surface area contributed by atoms with E-state index in [-0.39, 0.29) is 29.2 Å². The van der Waals surface area contributed by atoms with Gasteiger partial charge in [-0.1, -0.05) is 18.0 Å². The second-order valence-electron chi connectivity index (χ2n) is 4.44. The number of halogens is 1. The summed E-state index contributed by atoms with van der Waals surface area (Å²) < 4.78 is 18.6.